The molecule has 0 fully saturated rings. The minimum absolute atomic E-state index is 0.324. The second kappa shape index (κ2) is 7.25. The summed E-state index contributed by atoms with van der Waals surface area (Å²) < 4.78 is 22.3. The molecule has 0 aromatic heterocycles. The van der Waals surface area contributed by atoms with Crippen LogP contribution in [0.3, 0.4) is 0 Å². The number of nitrogens with two attached hydrogens (primary N) is 1. The number of nitrogens with zero attached hydrogens (tertiary/aromatic N) is 1. The second-order valence-corrected chi connectivity index (χ2v) is 6.62. The number of carbonyl (C=O) groups excluding carboxylic acids is 1. The van der Waals surface area contributed by atoms with Crippen molar-refractivity contribution in [2.24, 2.45) is 5.73 Å². The largest absolute Gasteiger partial charge is 0.340 e. The first kappa shape index (κ1) is 15.7. The van der Waals surface area contributed by atoms with Gasteiger partial charge in [0.2, 0.25) is 5.91 Å². The van der Waals surface area contributed by atoms with Crippen LogP contribution in [-0.4, -0.2) is 50.9 Å². The van der Waals surface area contributed by atoms with Crippen LogP contribution in [0.2, 0.25) is 0 Å². The second-order valence-electron chi connectivity index (χ2n) is 4.48. The molecule has 6 heteroatoms. The number of amides is 1. The van der Waals surface area contributed by atoms with E-state index in [0.29, 0.717) is 26.1 Å². The first-order valence-corrected chi connectivity index (χ1v) is 8.18. The highest BCUT2D eigenvalue weighted by atomic mass is 32.2. The first-order chi connectivity index (χ1) is 8.92. The average Bonchev–Trinajstić information content (AvgIpc) is 2.33. The van der Waals surface area contributed by atoms with E-state index in [9.17, 15) is 13.2 Å². The van der Waals surface area contributed by atoms with Crippen LogP contribution in [-0.2, 0) is 21.1 Å². The highest BCUT2D eigenvalue weighted by Crippen LogP contribution is 2.02. The molecule has 5 nitrogen and oxygen atoms in total. The summed E-state index contributed by atoms with van der Waals surface area (Å²) in [4.78, 5) is 13.4. The van der Waals surface area contributed by atoms with Crippen molar-refractivity contribution in [1.29, 1.82) is 0 Å². The zero-order chi connectivity index (χ0) is 14.3. The third-order valence-electron chi connectivity index (χ3n) is 2.65. The molecule has 0 saturated carbocycles. The molecule has 0 heterocycles. The van der Waals surface area contributed by atoms with E-state index in [1.54, 1.807) is 0 Å². The van der Waals surface area contributed by atoms with Gasteiger partial charge in [0.15, 0.2) is 9.84 Å². The Labute approximate surface area is 114 Å². The van der Waals surface area contributed by atoms with Gasteiger partial charge in [0.25, 0.3) is 0 Å². The Morgan fingerprint density at radius 2 is 1.84 bits per heavy atom. The summed E-state index contributed by atoms with van der Waals surface area (Å²) in [6.07, 6.45) is 1.75. The van der Waals surface area contributed by atoms with E-state index < -0.39 is 15.6 Å². The number of rotatable bonds is 7. The lowest BCUT2D eigenvalue weighted by atomic mass is 10.1. The number of benzene rings is 1. The number of hydrogen-bond acceptors (Lipinski definition) is 4. The van der Waals surface area contributed by atoms with E-state index in [4.69, 9.17) is 5.73 Å². The standard InChI is InChI=1S/C13H20N2O3S/c1-19(17,18)11-13(16)15(10-8-14)9-7-12-5-3-2-4-6-12/h2-6H,7-11,14H2,1H3. The van der Waals surface area contributed by atoms with Gasteiger partial charge in [0.05, 0.1) is 0 Å². The summed E-state index contributed by atoms with van der Waals surface area (Å²) in [5.41, 5.74) is 6.56. The lowest BCUT2D eigenvalue weighted by Gasteiger charge is -2.21. The molecule has 0 unspecified atom stereocenters. The summed E-state index contributed by atoms with van der Waals surface area (Å²) in [5, 5.41) is 0. The molecule has 2 N–H and O–H groups in total. The van der Waals surface area contributed by atoms with Crippen LogP contribution in [0, 0.1) is 0 Å². The maximum absolute atomic E-state index is 11.9. The molecule has 0 aliphatic rings. The number of sulfone groups is 1. The topological polar surface area (TPSA) is 80.5 Å². The lowest BCUT2D eigenvalue weighted by Crippen LogP contribution is -2.40. The van der Waals surface area contributed by atoms with Gasteiger partial charge in [-0.05, 0) is 12.0 Å². The van der Waals surface area contributed by atoms with Gasteiger partial charge in [-0.15, -0.1) is 0 Å². The molecule has 0 atom stereocenters. The molecule has 19 heavy (non-hydrogen) atoms. The van der Waals surface area contributed by atoms with Crippen LogP contribution in [0.4, 0.5) is 0 Å². The highest BCUT2D eigenvalue weighted by molar-refractivity contribution is 7.91. The van der Waals surface area contributed by atoms with Crippen LogP contribution in [0.1, 0.15) is 5.56 Å². The molecule has 1 aromatic rings. The van der Waals surface area contributed by atoms with Crippen molar-refractivity contribution in [2.45, 2.75) is 6.42 Å². The number of carbonyl (C=O) groups is 1. The van der Waals surface area contributed by atoms with Crippen molar-refractivity contribution in [3.05, 3.63) is 35.9 Å². The zero-order valence-corrected chi connectivity index (χ0v) is 11.9. The van der Waals surface area contributed by atoms with Crippen molar-refractivity contribution < 1.29 is 13.2 Å². The van der Waals surface area contributed by atoms with Gasteiger partial charge in [-0.2, -0.15) is 0 Å². The Balaban J connectivity index is 2.60. The Morgan fingerprint density at radius 1 is 1.21 bits per heavy atom. The molecule has 0 aliphatic heterocycles. The fourth-order valence-electron chi connectivity index (χ4n) is 1.74. The molecular formula is C13H20N2O3S. The average molecular weight is 284 g/mol. The Bertz CT molecular complexity index is 500. The molecule has 1 rings (SSSR count). The summed E-state index contributed by atoms with van der Waals surface area (Å²) in [6.45, 7) is 1.18. The third kappa shape index (κ3) is 6.35. The summed E-state index contributed by atoms with van der Waals surface area (Å²) >= 11 is 0. The quantitative estimate of drug-likeness (QED) is 0.768. The molecule has 106 valence electrons. The van der Waals surface area contributed by atoms with E-state index in [1.165, 1.54) is 4.90 Å². The minimum Gasteiger partial charge on any atom is -0.340 e. The molecule has 1 aromatic carbocycles. The van der Waals surface area contributed by atoms with Crippen molar-refractivity contribution in [3.8, 4) is 0 Å². The van der Waals surface area contributed by atoms with Crippen LogP contribution >= 0.6 is 0 Å². The monoisotopic (exact) mass is 284 g/mol. The first-order valence-electron chi connectivity index (χ1n) is 6.12. The fraction of sp³-hybridized carbons (Fsp3) is 0.462. The van der Waals surface area contributed by atoms with Gasteiger partial charge in [-0.1, -0.05) is 30.3 Å². The van der Waals surface area contributed by atoms with Gasteiger partial charge < -0.3 is 10.6 Å². The van der Waals surface area contributed by atoms with E-state index in [0.717, 1.165) is 11.8 Å². The van der Waals surface area contributed by atoms with Crippen molar-refractivity contribution in [2.75, 3.05) is 31.6 Å². The smallest absolute Gasteiger partial charge is 0.237 e. The van der Waals surface area contributed by atoms with Gasteiger partial charge in [0, 0.05) is 25.9 Å². The molecule has 0 saturated heterocycles. The SMILES string of the molecule is CS(=O)(=O)CC(=O)N(CCN)CCc1ccccc1. The van der Waals surface area contributed by atoms with Crippen LogP contribution in [0.5, 0.6) is 0 Å². The van der Waals surface area contributed by atoms with Crippen molar-refractivity contribution >= 4 is 15.7 Å². The maximum atomic E-state index is 11.9. The minimum atomic E-state index is -3.30. The highest BCUT2D eigenvalue weighted by Gasteiger charge is 2.17. The van der Waals surface area contributed by atoms with E-state index in [2.05, 4.69) is 0 Å². The summed E-state index contributed by atoms with van der Waals surface area (Å²) in [7, 11) is -3.30. The van der Waals surface area contributed by atoms with Gasteiger partial charge in [-0.25, -0.2) is 8.42 Å². The van der Waals surface area contributed by atoms with Gasteiger partial charge in [-0.3, -0.25) is 4.79 Å². The molecule has 1 amide bonds. The predicted octanol–water partition coefficient (Wildman–Crippen LogP) is 0.0610. The maximum Gasteiger partial charge on any atom is 0.237 e. The fourth-order valence-corrected chi connectivity index (χ4v) is 2.37. The van der Waals surface area contributed by atoms with Gasteiger partial charge >= 0.3 is 0 Å². The van der Waals surface area contributed by atoms with Crippen LogP contribution < -0.4 is 5.73 Å². The van der Waals surface area contributed by atoms with E-state index in [-0.39, 0.29) is 5.91 Å². The van der Waals surface area contributed by atoms with Crippen LogP contribution in [0.15, 0.2) is 30.3 Å². The molecule has 0 spiro atoms. The molecule has 0 aliphatic carbocycles. The molecule has 0 bridgehead atoms. The Hall–Kier alpha value is -1.40. The van der Waals surface area contributed by atoms with Gasteiger partial charge in [0.1, 0.15) is 5.75 Å². The van der Waals surface area contributed by atoms with Crippen LogP contribution in [0.25, 0.3) is 0 Å². The van der Waals surface area contributed by atoms with E-state index >= 15 is 0 Å². The Morgan fingerprint density at radius 3 is 2.37 bits per heavy atom. The lowest BCUT2D eigenvalue weighted by molar-refractivity contribution is -0.128. The molecular weight excluding hydrogens is 264 g/mol. The van der Waals surface area contributed by atoms with Crippen molar-refractivity contribution in [1.82, 2.24) is 4.90 Å². The van der Waals surface area contributed by atoms with E-state index in [1.807, 2.05) is 30.3 Å². The Kier molecular flexibility index (Phi) is 5.98. The summed E-state index contributed by atoms with van der Waals surface area (Å²) in [6, 6.07) is 9.74. The normalized spacial score (nSPS) is 11.3. The van der Waals surface area contributed by atoms with Crippen molar-refractivity contribution in [3.63, 3.8) is 0 Å². The number of hydrogen-bond donors (Lipinski definition) is 1. The third-order valence-corrected chi connectivity index (χ3v) is 3.42. The summed E-state index contributed by atoms with van der Waals surface area (Å²) in [5.74, 6) is -0.842. The zero-order valence-electron chi connectivity index (χ0n) is 11.1. The predicted molar refractivity (Wildman–Crippen MR) is 75.5 cm³/mol. The molecule has 0 radical (unpaired) electrons.